The first kappa shape index (κ1) is 12.0. The Balaban J connectivity index is 3.83. The number of benzene rings is 1. The van der Waals surface area contributed by atoms with Gasteiger partial charge in [-0.05, 0) is 6.92 Å². The molecule has 0 heterocycles. The molecular formula is C9H5F3O4. The van der Waals surface area contributed by atoms with Gasteiger partial charge in [0.1, 0.15) is 16.9 Å². The van der Waals surface area contributed by atoms with Gasteiger partial charge in [-0.25, -0.2) is 22.8 Å². The minimum Gasteiger partial charge on any atom is -0.478 e. The Kier molecular flexibility index (Phi) is 2.88. The minimum atomic E-state index is -2.05. The number of hydrogen-bond acceptors (Lipinski definition) is 2. The van der Waals surface area contributed by atoms with Crippen LogP contribution >= 0.6 is 0 Å². The lowest BCUT2D eigenvalue weighted by Crippen LogP contribution is -2.16. The maximum absolute atomic E-state index is 13.3. The van der Waals surface area contributed by atoms with Crippen LogP contribution < -0.4 is 0 Å². The highest BCUT2D eigenvalue weighted by Crippen LogP contribution is 2.24. The monoisotopic (exact) mass is 234 g/mol. The second-order valence-corrected chi connectivity index (χ2v) is 2.93. The third-order valence-electron chi connectivity index (χ3n) is 1.97. The van der Waals surface area contributed by atoms with Gasteiger partial charge in [0.05, 0.1) is 0 Å². The second kappa shape index (κ2) is 3.84. The average molecular weight is 234 g/mol. The van der Waals surface area contributed by atoms with Crippen LogP contribution in [0.2, 0.25) is 0 Å². The van der Waals surface area contributed by atoms with Crippen LogP contribution in [0.15, 0.2) is 0 Å². The van der Waals surface area contributed by atoms with Crippen molar-refractivity contribution in [1.29, 1.82) is 0 Å². The predicted octanol–water partition coefficient (Wildman–Crippen LogP) is 1.81. The molecule has 0 unspecified atom stereocenters. The second-order valence-electron chi connectivity index (χ2n) is 2.93. The van der Waals surface area contributed by atoms with E-state index in [1.807, 2.05) is 0 Å². The van der Waals surface area contributed by atoms with E-state index in [0.29, 0.717) is 0 Å². The molecule has 2 N–H and O–H groups in total. The summed E-state index contributed by atoms with van der Waals surface area (Å²) in [4.78, 5) is 21.1. The fourth-order valence-electron chi connectivity index (χ4n) is 1.18. The van der Waals surface area contributed by atoms with E-state index >= 15 is 0 Å². The highest BCUT2D eigenvalue weighted by Gasteiger charge is 2.30. The number of carboxylic acid groups (broad SMARTS) is 2. The fraction of sp³-hybridized carbons (Fsp3) is 0.111. The molecule has 1 aromatic carbocycles. The Morgan fingerprint density at radius 2 is 1.25 bits per heavy atom. The van der Waals surface area contributed by atoms with Gasteiger partial charge >= 0.3 is 11.9 Å². The molecule has 86 valence electrons. The van der Waals surface area contributed by atoms with Crippen molar-refractivity contribution in [3.8, 4) is 0 Å². The molecule has 4 nitrogen and oxygen atoms in total. The molecule has 0 radical (unpaired) electrons. The highest BCUT2D eigenvalue weighted by molar-refractivity contribution is 6.02. The quantitative estimate of drug-likeness (QED) is 0.765. The van der Waals surface area contributed by atoms with Crippen LogP contribution in [0, 0.1) is 24.4 Å². The van der Waals surface area contributed by atoms with Crippen molar-refractivity contribution in [3.63, 3.8) is 0 Å². The summed E-state index contributed by atoms with van der Waals surface area (Å²) in [5, 5.41) is 17.0. The summed E-state index contributed by atoms with van der Waals surface area (Å²) in [6.45, 7) is 0.811. The molecule has 16 heavy (non-hydrogen) atoms. The predicted molar refractivity (Wildman–Crippen MR) is 45.0 cm³/mol. The summed E-state index contributed by atoms with van der Waals surface area (Å²) in [5.41, 5.74) is -3.78. The summed E-state index contributed by atoms with van der Waals surface area (Å²) in [6.07, 6.45) is 0. The van der Waals surface area contributed by atoms with E-state index in [0.717, 1.165) is 6.92 Å². The zero-order valence-corrected chi connectivity index (χ0v) is 7.84. The molecule has 0 spiro atoms. The highest BCUT2D eigenvalue weighted by atomic mass is 19.2. The Labute approximate surface area is 86.9 Å². The zero-order chi connectivity index (χ0) is 12.6. The molecule has 0 saturated heterocycles. The van der Waals surface area contributed by atoms with Crippen molar-refractivity contribution in [1.82, 2.24) is 0 Å². The van der Waals surface area contributed by atoms with Gasteiger partial charge < -0.3 is 10.2 Å². The molecule has 0 aliphatic heterocycles. The lowest BCUT2D eigenvalue weighted by Gasteiger charge is -2.08. The molecule has 0 fully saturated rings. The van der Waals surface area contributed by atoms with Crippen molar-refractivity contribution in [3.05, 3.63) is 34.1 Å². The number of carboxylic acids is 2. The molecule has 0 amide bonds. The van der Waals surface area contributed by atoms with E-state index < -0.39 is 46.1 Å². The lowest BCUT2D eigenvalue weighted by atomic mass is 10.0. The number of rotatable bonds is 2. The Hall–Kier alpha value is -2.05. The van der Waals surface area contributed by atoms with Crippen LogP contribution in [-0.2, 0) is 0 Å². The van der Waals surface area contributed by atoms with E-state index in [2.05, 4.69) is 0 Å². The van der Waals surface area contributed by atoms with Gasteiger partial charge in [-0.1, -0.05) is 0 Å². The Bertz CT molecular complexity index is 451. The first-order valence-corrected chi connectivity index (χ1v) is 3.92. The van der Waals surface area contributed by atoms with Gasteiger partial charge in [-0.3, -0.25) is 0 Å². The normalized spacial score (nSPS) is 10.2. The van der Waals surface area contributed by atoms with E-state index in [1.54, 1.807) is 0 Å². The summed E-state index contributed by atoms with van der Waals surface area (Å²) >= 11 is 0. The largest absolute Gasteiger partial charge is 0.478 e. The molecule has 0 saturated carbocycles. The van der Waals surface area contributed by atoms with Crippen molar-refractivity contribution < 1.29 is 33.0 Å². The van der Waals surface area contributed by atoms with E-state index in [1.165, 1.54) is 0 Å². The van der Waals surface area contributed by atoms with Crippen molar-refractivity contribution >= 4 is 11.9 Å². The standard InChI is InChI=1S/C9H5F3O4/c1-2-5(10)3(8(13)14)4(9(15)16)7(12)6(2)11/h1H3,(H,13,14)(H,15,16). The van der Waals surface area contributed by atoms with Gasteiger partial charge in [0.25, 0.3) is 0 Å². The first-order chi connectivity index (χ1) is 7.29. The summed E-state index contributed by atoms with van der Waals surface area (Å²) in [5.74, 6) is -9.21. The topological polar surface area (TPSA) is 74.6 Å². The van der Waals surface area contributed by atoms with E-state index in [4.69, 9.17) is 10.2 Å². The van der Waals surface area contributed by atoms with Crippen LogP contribution in [0.5, 0.6) is 0 Å². The maximum atomic E-state index is 13.3. The smallest absolute Gasteiger partial charge is 0.339 e. The van der Waals surface area contributed by atoms with Crippen molar-refractivity contribution in [2.24, 2.45) is 0 Å². The maximum Gasteiger partial charge on any atom is 0.339 e. The van der Waals surface area contributed by atoms with Crippen LogP contribution in [0.25, 0.3) is 0 Å². The molecule has 0 aliphatic rings. The Morgan fingerprint density at radius 1 is 0.875 bits per heavy atom. The van der Waals surface area contributed by atoms with Crippen LogP contribution in [0.3, 0.4) is 0 Å². The van der Waals surface area contributed by atoms with Crippen LogP contribution in [-0.4, -0.2) is 22.2 Å². The summed E-state index contributed by atoms with van der Waals surface area (Å²) in [7, 11) is 0. The number of hydrogen-bond donors (Lipinski definition) is 2. The molecule has 0 atom stereocenters. The molecular weight excluding hydrogens is 229 g/mol. The van der Waals surface area contributed by atoms with Crippen LogP contribution in [0.1, 0.15) is 26.3 Å². The molecule has 0 aliphatic carbocycles. The van der Waals surface area contributed by atoms with Gasteiger partial charge in [-0.15, -0.1) is 0 Å². The van der Waals surface area contributed by atoms with E-state index in [-0.39, 0.29) is 0 Å². The van der Waals surface area contributed by atoms with E-state index in [9.17, 15) is 22.8 Å². The number of aromatic carboxylic acids is 2. The lowest BCUT2D eigenvalue weighted by molar-refractivity contribution is 0.0641. The Morgan fingerprint density at radius 3 is 1.62 bits per heavy atom. The summed E-state index contributed by atoms with van der Waals surface area (Å²) < 4.78 is 39.4. The number of carbonyl (C=O) groups is 2. The molecule has 0 aromatic heterocycles. The zero-order valence-electron chi connectivity index (χ0n) is 7.84. The molecule has 1 rings (SSSR count). The molecule has 7 heteroatoms. The van der Waals surface area contributed by atoms with Gasteiger partial charge in [0.2, 0.25) is 0 Å². The fourth-order valence-corrected chi connectivity index (χ4v) is 1.18. The summed E-state index contributed by atoms with van der Waals surface area (Å²) in [6, 6.07) is 0. The number of halogens is 3. The third kappa shape index (κ3) is 1.60. The molecule has 0 bridgehead atoms. The third-order valence-corrected chi connectivity index (χ3v) is 1.97. The molecule has 1 aromatic rings. The van der Waals surface area contributed by atoms with Crippen LogP contribution in [0.4, 0.5) is 13.2 Å². The van der Waals surface area contributed by atoms with Gasteiger partial charge in [0, 0.05) is 5.56 Å². The van der Waals surface area contributed by atoms with Crippen molar-refractivity contribution in [2.75, 3.05) is 0 Å². The van der Waals surface area contributed by atoms with Gasteiger partial charge in [-0.2, -0.15) is 0 Å². The SMILES string of the molecule is Cc1c(F)c(F)c(C(=O)O)c(C(=O)O)c1F. The van der Waals surface area contributed by atoms with Crippen molar-refractivity contribution in [2.45, 2.75) is 6.92 Å². The minimum absolute atomic E-state index is 0.811. The van der Waals surface area contributed by atoms with Gasteiger partial charge in [0.15, 0.2) is 11.6 Å². The first-order valence-electron chi connectivity index (χ1n) is 3.92. The average Bonchev–Trinajstić information content (AvgIpc) is 2.18.